The highest BCUT2D eigenvalue weighted by Crippen LogP contribution is 2.22. The molecule has 0 radical (unpaired) electrons. The Hall–Kier alpha value is -2.88. The van der Waals surface area contributed by atoms with Crippen LogP contribution in [0, 0.1) is 20.8 Å². The predicted molar refractivity (Wildman–Crippen MR) is 96.5 cm³/mol. The number of nitrogens with one attached hydrogen (secondary N) is 1. The summed E-state index contributed by atoms with van der Waals surface area (Å²) in [5.41, 5.74) is 5.05. The first kappa shape index (κ1) is 16.0. The van der Waals surface area contributed by atoms with E-state index in [1.165, 1.54) is 5.56 Å². The van der Waals surface area contributed by atoms with E-state index in [-0.39, 0.29) is 12.5 Å². The van der Waals surface area contributed by atoms with Crippen molar-refractivity contribution in [3.63, 3.8) is 0 Å². The Balaban J connectivity index is 1.67. The standard InChI is InChI=1S/C20H20N2O2/c1-13-9-14(2)20(15(3)10-13)22-19(23)12-24-17-6-7-18-16(11-17)5-4-8-21-18/h4-11H,12H2,1-3H3,(H,22,23). The monoisotopic (exact) mass is 320 g/mol. The van der Waals surface area contributed by atoms with Crippen LogP contribution in [0.2, 0.25) is 0 Å². The molecule has 2 aromatic carbocycles. The Labute approximate surface area is 141 Å². The van der Waals surface area contributed by atoms with E-state index in [0.29, 0.717) is 5.75 Å². The molecule has 24 heavy (non-hydrogen) atoms. The number of amides is 1. The van der Waals surface area contributed by atoms with E-state index in [4.69, 9.17) is 4.74 Å². The molecule has 0 bridgehead atoms. The van der Waals surface area contributed by atoms with Crippen LogP contribution in [0.1, 0.15) is 16.7 Å². The van der Waals surface area contributed by atoms with Gasteiger partial charge in [-0.3, -0.25) is 9.78 Å². The quantitative estimate of drug-likeness (QED) is 0.784. The first-order valence-corrected chi connectivity index (χ1v) is 7.88. The van der Waals surface area contributed by atoms with Crippen LogP contribution in [0.25, 0.3) is 10.9 Å². The molecule has 1 heterocycles. The summed E-state index contributed by atoms with van der Waals surface area (Å²) in [4.78, 5) is 16.5. The smallest absolute Gasteiger partial charge is 0.262 e. The SMILES string of the molecule is Cc1cc(C)c(NC(=O)COc2ccc3ncccc3c2)c(C)c1. The normalized spacial score (nSPS) is 10.6. The second-order valence-electron chi connectivity index (χ2n) is 5.97. The molecule has 1 aromatic heterocycles. The van der Waals surface area contributed by atoms with Crippen molar-refractivity contribution in [3.8, 4) is 5.75 Å². The van der Waals surface area contributed by atoms with Crippen molar-refractivity contribution < 1.29 is 9.53 Å². The van der Waals surface area contributed by atoms with E-state index in [1.807, 2.05) is 51.1 Å². The van der Waals surface area contributed by atoms with Gasteiger partial charge < -0.3 is 10.1 Å². The van der Waals surface area contributed by atoms with Crippen molar-refractivity contribution in [2.24, 2.45) is 0 Å². The number of pyridine rings is 1. The van der Waals surface area contributed by atoms with Crippen LogP contribution in [0.15, 0.2) is 48.7 Å². The third kappa shape index (κ3) is 3.54. The van der Waals surface area contributed by atoms with Gasteiger partial charge in [0.15, 0.2) is 6.61 Å². The Morgan fingerprint density at radius 1 is 1.08 bits per heavy atom. The summed E-state index contributed by atoms with van der Waals surface area (Å²) < 4.78 is 5.61. The summed E-state index contributed by atoms with van der Waals surface area (Å²) in [5, 5.41) is 3.92. The number of anilines is 1. The fraction of sp³-hybridized carbons (Fsp3) is 0.200. The van der Waals surface area contributed by atoms with Gasteiger partial charge in [0, 0.05) is 17.3 Å². The topological polar surface area (TPSA) is 51.2 Å². The molecule has 0 saturated carbocycles. The molecule has 0 aliphatic heterocycles. The molecule has 0 unspecified atom stereocenters. The highest BCUT2D eigenvalue weighted by atomic mass is 16.5. The molecule has 1 amide bonds. The number of hydrogen-bond acceptors (Lipinski definition) is 3. The zero-order valence-corrected chi connectivity index (χ0v) is 14.1. The molecule has 3 rings (SSSR count). The average Bonchev–Trinajstić information content (AvgIpc) is 2.56. The average molecular weight is 320 g/mol. The zero-order valence-electron chi connectivity index (χ0n) is 14.1. The number of fused-ring (bicyclic) bond motifs is 1. The molecule has 1 N–H and O–H groups in total. The predicted octanol–water partition coefficient (Wildman–Crippen LogP) is 4.18. The summed E-state index contributed by atoms with van der Waals surface area (Å²) in [6.07, 6.45) is 1.75. The van der Waals surface area contributed by atoms with Crippen LogP contribution >= 0.6 is 0 Å². The van der Waals surface area contributed by atoms with Crippen molar-refractivity contribution in [1.29, 1.82) is 0 Å². The number of benzene rings is 2. The van der Waals surface area contributed by atoms with E-state index in [9.17, 15) is 4.79 Å². The molecule has 0 aliphatic carbocycles. The van der Waals surface area contributed by atoms with Crippen LogP contribution in [-0.4, -0.2) is 17.5 Å². The molecule has 3 aromatic rings. The molecule has 0 atom stereocenters. The minimum absolute atomic E-state index is 0.0292. The van der Waals surface area contributed by atoms with Crippen molar-refractivity contribution in [2.45, 2.75) is 20.8 Å². The summed E-state index contributed by atoms with van der Waals surface area (Å²) in [6.45, 7) is 6.00. The summed E-state index contributed by atoms with van der Waals surface area (Å²) >= 11 is 0. The van der Waals surface area contributed by atoms with E-state index in [2.05, 4.69) is 22.4 Å². The third-order valence-corrected chi connectivity index (χ3v) is 3.89. The molecule has 122 valence electrons. The summed E-state index contributed by atoms with van der Waals surface area (Å²) in [5.74, 6) is 0.485. The number of rotatable bonds is 4. The van der Waals surface area contributed by atoms with Crippen LogP contribution < -0.4 is 10.1 Å². The lowest BCUT2D eigenvalue weighted by Gasteiger charge is -2.13. The largest absolute Gasteiger partial charge is 0.484 e. The van der Waals surface area contributed by atoms with Crippen molar-refractivity contribution >= 4 is 22.5 Å². The molecule has 0 spiro atoms. The molecule has 0 fully saturated rings. The number of aryl methyl sites for hydroxylation is 3. The first-order chi connectivity index (χ1) is 11.5. The first-order valence-electron chi connectivity index (χ1n) is 7.88. The van der Waals surface area contributed by atoms with Crippen LogP contribution in [0.3, 0.4) is 0 Å². The number of ether oxygens (including phenoxy) is 1. The second kappa shape index (κ2) is 6.71. The molecular weight excluding hydrogens is 300 g/mol. The zero-order chi connectivity index (χ0) is 17.1. The maximum atomic E-state index is 12.2. The summed E-state index contributed by atoms with van der Waals surface area (Å²) in [7, 11) is 0. The van der Waals surface area contributed by atoms with Gasteiger partial charge in [0.1, 0.15) is 5.75 Å². The number of hydrogen-bond donors (Lipinski definition) is 1. The lowest BCUT2D eigenvalue weighted by molar-refractivity contribution is -0.118. The lowest BCUT2D eigenvalue weighted by atomic mass is 10.1. The highest BCUT2D eigenvalue weighted by Gasteiger charge is 2.09. The number of carbonyl (C=O) groups excluding carboxylic acids is 1. The van der Waals surface area contributed by atoms with Crippen LogP contribution in [0.5, 0.6) is 5.75 Å². The maximum Gasteiger partial charge on any atom is 0.262 e. The molecule has 4 heteroatoms. The third-order valence-electron chi connectivity index (χ3n) is 3.89. The maximum absolute atomic E-state index is 12.2. The Kier molecular flexibility index (Phi) is 4.47. The van der Waals surface area contributed by atoms with Gasteiger partial charge in [0.05, 0.1) is 5.52 Å². The van der Waals surface area contributed by atoms with Crippen molar-refractivity contribution in [3.05, 3.63) is 65.4 Å². The van der Waals surface area contributed by atoms with E-state index in [1.54, 1.807) is 6.20 Å². The molecule has 4 nitrogen and oxygen atoms in total. The Morgan fingerprint density at radius 3 is 2.58 bits per heavy atom. The molecule has 0 saturated heterocycles. The fourth-order valence-corrected chi connectivity index (χ4v) is 2.85. The minimum atomic E-state index is -0.170. The molecular formula is C20H20N2O2. The van der Waals surface area contributed by atoms with E-state index < -0.39 is 0 Å². The van der Waals surface area contributed by atoms with Crippen LogP contribution in [-0.2, 0) is 4.79 Å². The fourth-order valence-electron chi connectivity index (χ4n) is 2.85. The van der Waals surface area contributed by atoms with E-state index >= 15 is 0 Å². The lowest BCUT2D eigenvalue weighted by Crippen LogP contribution is -2.21. The van der Waals surface area contributed by atoms with Crippen molar-refractivity contribution in [1.82, 2.24) is 4.98 Å². The van der Waals surface area contributed by atoms with Gasteiger partial charge in [0.2, 0.25) is 0 Å². The van der Waals surface area contributed by atoms with Gasteiger partial charge in [-0.1, -0.05) is 23.8 Å². The van der Waals surface area contributed by atoms with Gasteiger partial charge in [-0.25, -0.2) is 0 Å². The van der Waals surface area contributed by atoms with Crippen molar-refractivity contribution in [2.75, 3.05) is 11.9 Å². The molecule has 0 aliphatic rings. The highest BCUT2D eigenvalue weighted by molar-refractivity contribution is 5.93. The Bertz CT molecular complexity index is 880. The van der Waals surface area contributed by atoms with Gasteiger partial charge in [-0.05, 0) is 56.2 Å². The van der Waals surface area contributed by atoms with Crippen LogP contribution in [0.4, 0.5) is 5.69 Å². The summed E-state index contributed by atoms with van der Waals surface area (Å²) in [6, 6.07) is 13.6. The number of aromatic nitrogens is 1. The number of carbonyl (C=O) groups is 1. The van der Waals surface area contributed by atoms with E-state index in [0.717, 1.165) is 27.7 Å². The minimum Gasteiger partial charge on any atom is -0.484 e. The second-order valence-corrected chi connectivity index (χ2v) is 5.97. The Morgan fingerprint density at radius 2 is 1.83 bits per heavy atom. The van der Waals surface area contributed by atoms with Gasteiger partial charge >= 0.3 is 0 Å². The van der Waals surface area contributed by atoms with Gasteiger partial charge in [-0.15, -0.1) is 0 Å². The van der Waals surface area contributed by atoms with Gasteiger partial charge in [0.25, 0.3) is 5.91 Å². The number of nitrogens with zero attached hydrogens (tertiary/aromatic N) is 1. The van der Waals surface area contributed by atoms with Gasteiger partial charge in [-0.2, -0.15) is 0 Å².